The predicted molar refractivity (Wildman–Crippen MR) is 124 cm³/mol. The first kappa shape index (κ1) is 20.2. The second-order valence-electron chi connectivity index (χ2n) is 6.37. The van der Waals surface area contributed by atoms with Crippen molar-refractivity contribution >= 4 is 57.3 Å². The van der Waals surface area contributed by atoms with Crippen molar-refractivity contribution in [3.63, 3.8) is 0 Å². The highest BCUT2D eigenvalue weighted by Gasteiger charge is 2.33. The number of hydrogen-bond acceptors (Lipinski definition) is 6. The van der Waals surface area contributed by atoms with Gasteiger partial charge in [0.25, 0.3) is 5.56 Å². The first-order chi connectivity index (χ1) is 14.0. The molecule has 0 fully saturated rings. The summed E-state index contributed by atoms with van der Waals surface area (Å²) < 4.78 is 8.62. The van der Waals surface area contributed by atoms with Gasteiger partial charge in [0.2, 0.25) is 0 Å². The highest BCUT2D eigenvalue weighted by atomic mass is 127. The lowest BCUT2D eigenvalue weighted by molar-refractivity contribution is -0.139. The average Bonchev–Trinajstić information content (AvgIpc) is 3.32. The number of esters is 1. The molecule has 0 bridgehead atoms. The van der Waals surface area contributed by atoms with E-state index in [2.05, 4.69) is 27.6 Å². The standard InChI is InChI=1S/C21H17IN2O3S2/c1-3-27-20(26)17-12(2)23-21-24(18(17)15-5-4-10-28-15)19(25)16(29-21)11-13-6-8-14(22)9-7-13/h4-11,18H,3H2,1-2H3/b16-11+/t18-/m0/s1. The number of rotatable bonds is 4. The van der Waals surface area contributed by atoms with E-state index in [0.29, 0.717) is 20.6 Å². The van der Waals surface area contributed by atoms with Crippen LogP contribution in [-0.4, -0.2) is 17.1 Å². The summed E-state index contributed by atoms with van der Waals surface area (Å²) in [7, 11) is 0. The molecule has 1 aliphatic heterocycles. The number of thiophene rings is 1. The topological polar surface area (TPSA) is 60.7 Å². The quantitative estimate of drug-likeness (QED) is 0.379. The predicted octanol–water partition coefficient (Wildman–Crippen LogP) is 3.46. The fraction of sp³-hybridized carbons (Fsp3) is 0.190. The Balaban J connectivity index is 1.93. The molecular weight excluding hydrogens is 519 g/mol. The van der Waals surface area contributed by atoms with Gasteiger partial charge in [-0.25, -0.2) is 9.79 Å². The fourth-order valence-electron chi connectivity index (χ4n) is 3.22. The van der Waals surface area contributed by atoms with E-state index in [4.69, 9.17) is 4.74 Å². The van der Waals surface area contributed by atoms with E-state index in [1.165, 1.54) is 22.7 Å². The average molecular weight is 536 g/mol. The van der Waals surface area contributed by atoms with Crippen molar-refractivity contribution in [1.29, 1.82) is 0 Å². The second kappa shape index (κ2) is 8.37. The van der Waals surface area contributed by atoms with Gasteiger partial charge in [0, 0.05) is 8.45 Å². The third-order valence-corrected chi connectivity index (χ3v) is 7.12. The Hall–Kier alpha value is -2.04. The smallest absolute Gasteiger partial charge is 0.338 e. The molecule has 1 atom stereocenters. The van der Waals surface area contributed by atoms with E-state index < -0.39 is 12.0 Å². The summed E-state index contributed by atoms with van der Waals surface area (Å²) >= 11 is 5.09. The van der Waals surface area contributed by atoms with E-state index in [1.807, 2.05) is 47.9 Å². The van der Waals surface area contributed by atoms with Crippen molar-refractivity contribution in [3.8, 4) is 0 Å². The van der Waals surface area contributed by atoms with E-state index in [1.54, 1.807) is 18.4 Å². The molecule has 0 spiro atoms. The van der Waals surface area contributed by atoms with Crippen molar-refractivity contribution < 1.29 is 9.53 Å². The molecule has 29 heavy (non-hydrogen) atoms. The monoisotopic (exact) mass is 536 g/mol. The van der Waals surface area contributed by atoms with Gasteiger partial charge in [-0.05, 0) is 71.7 Å². The van der Waals surface area contributed by atoms with Crippen LogP contribution in [0.25, 0.3) is 6.08 Å². The molecule has 0 radical (unpaired) electrons. The van der Waals surface area contributed by atoms with E-state index in [-0.39, 0.29) is 12.2 Å². The van der Waals surface area contributed by atoms with Crippen LogP contribution in [0.15, 0.2) is 62.8 Å². The van der Waals surface area contributed by atoms with Gasteiger partial charge in [0.15, 0.2) is 4.80 Å². The number of allylic oxidation sites excluding steroid dienone is 1. The summed E-state index contributed by atoms with van der Waals surface area (Å²) in [6.07, 6.45) is 1.87. The summed E-state index contributed by atoms with van der Waals surface area (Å²) in [5.41, 5.74) is 1.80. The third kappa shape index (κ3) is 3.88. The Bertz CT molecular complexity index is 1270. The number of fused-ring (bicyclic) bond motifs is 1. The zero-order valence-electron chi connectivity index (χ0n) is 15.7. The van der Waals surface area contributed by atoms with Gasteiger partial charge < -0.3 is 4.74 Å². The Morgan fingerprint density at radius 1 is 1.31 bits per heavy atom. The molecule has 0 saturated heterocycles. The SMILES string of the molecule is CCOC(=O)C1=C(C)N=c2s/c(=C/c3ccc(I)cc3)c(=O)n2[C@H]1c1cccs1. The summed E-state index contributed by atoms with van der Waals surface area (Å²) in [6.45, 7) is 3.83. The number of carbonyl (C=O) groups excluding carboxylic acids is 1. The van der Waals surface area contributed by atoms with Gasteiger partial charge in [-0.15, -0.1) is 11.3 Å². The summed E-state index contributed by atoms with van der Waals surface area (Å²) in [6, 6.07) is 11.3. The molecule has 4 rings (SSSR count). The zero-order valence-corrected chi connectivity index (χ0v) is 19.5. The van der Waals surface area contributed by atoms with Crippen molar-refractivity contribution in [3.05, 3.63) is 86.7 Å². The Morgan fingerprint density at radius 2 is 2.07 bits per heavy atom. The van der Waals surface area contributed by atoms with Crippen LogP contribution in [-0.2, 0) is 9.53 Å². The summed E-state index contributed by atoms with van der Waals surface area (Å²) in [4.78, 5) is 32.1. The maximum absolute atomic E-state index is 13.3. The van der Waals surface area contributed by atoms with Gasteiger partial charge in [-0.3, -0.25) is 9.36 Å². The van der Waals surface area contributed by atoms with Crippen LogP contribution in [0.2, 0.25) is 0 Å². The lowest BCUT2D eigenvalue weighted by Gasteiger charge is -2.23. The Labute approximate surface area is 188 Å². The highest BCUT2D eigenvalue weighted by molar-refractivity contribution is 14.1. The number of carbonyl (C=O) groups is 1. The lowest BCUT2D eigenvalue weighted by Crippen LogP contribution is -2.39. The molecule has 0 saturated carbocycles. The van der Waals surface area contributed by atoms with Crippen LogP contribution in [0.5, 0.6) is 0 Å². The lowest BCUT2D eigenvalue weighted by atomic mass is 10.0. The molecular formula is C21H17IN2O3S2. The zero-order chi connectivity index (χ0) is 20.5. The van der Waals surface area contributed by atoms with Crippen molar-refractivity contribution in [2.75, 3.05) is 6.61 Å². The Morgan fingerprint density at radius 3 is 2.72 bits per heavy atom. The first-order valence-corrected chi connectivity index (χ1v) is 11.8. The molecule has 0 aliphatic carbocycles. The maximum Gasteiger partial charge on any atom is 0.338 e. The van der Waals surface area contributed by atoms with Gasteiger partial charge in [0.05, 0.1) is 22.4 Å². The van der Waals surface area contributed by atoms with Gasteiger partial charge >= 0.3 is 5.97 Å². The van der Waals surface area contributed by atoms with Crippen molar-refractivity contribution in [2.24, 2.45) is 4.99 Å². The van der Waals surface area contributed by atoms with E-state index in [0.717, 1.165) is 14.0 Å². The largest absolute Gasteiger partial charge is 0.463 e. The minimum atomic E-state index is -0.524. The fourth-order valence-corrected chi connectivity index (χ4v) is 5.45. The van der Waals surface area contributed by atoms with Crippen LogP contribution < -0.4 is 14.9 Å². The molecule has 3 heterocycles. The molecule has 0 unspecified atom stereocenters. The number of benzene rings is 1. The number of aromatic nitrogens is 1. The van der Waals surface area contributed by atoms with Gasteiger partial charge in [0.1, 0.15) is 6.04 Å². The summed E-state index contributed by atoms with van der Waals surface area (Å²) in [5, 5.41) is 1.94. The first-order valence-electron chi connectivity index (χ1n) is 8.98. The molecule has 1 aromatic carbocycles. The van der Waals surface area contributed by atoms with Crippen LogP contribution in [0.1, 0.15) is 30.3 Å². The molecule has 5 nitrogen and oxygen atoms in total. The molecule has 0 amide bonds. The number of thiazole rings is 1. The highest BCUT2D eigenvalue weighted by Crippen LogP contribution is 2.33. The van der Waals surface area contributed by atoms with Crippen LogP contribution in [0.3, 0.4) is 0 Å². The minimum absolute atomic E-state index is 0.153. The van der Waals surface area contributed by atoms with Crippen LogP contribution >= 0.6 is 45.3 Å². The van der Waals surface area contributed by atoms with E-state index in [9.17, 15) is 9.59 Å². The van der Waals surface area contributed by atoms with Gasteiger partial charge in [-0.1, -0.05) is 29.5 Å². The minimum Gasteiger partial charge on any atom is -0.463 e. The number of halogens is 1. The van der Waals surface area contributed by atoms with Crippen molar-refractivity contribution in [2.45, 2.75) is 19.9 Å². The molecule has 8 heteroatoms. The molecule has 3 aromatic rings. The number of nitrogens with zero attached hydrogens (tertiary/aromatic N) is 2. The normalized spacial score (nSPS) is 16.5. The number of ether oxygens (including phenoxy) is 1. The van der Waals surface area contributed by atoms with Gasteiger partial charge in [-0.2, -0.15) is 0 Å². The molecule has 2 aromatic heterocycles. The molecule has 0 N–H and O–H groups in total. The third-order valence-electron chi connectivity index (χ3n) is 4.50. The van der Waals surface area contributed by atoms with Crippen LogP contribution in [0, 0.1) is 3.57 Å². The summed E-state index contributed by atoms with van der Waals surface area (Å²) in [5.74, 6) is -0.431. The van der Waals surface area contributed by atoms with Crippen LogP contribution in [0.4, 0.5) is 0 Å². The molecule has 148 valence electrons. The number of hydrogen-bond donors (Lipinski definition) is 0. The second-order valence-corrected chi connectivity index (χ2v) is 9.60. The molecule has 1 aliphatic rings. The Kier molecular flexibility index (Phi) is 5.84. The van der Waals surface area contributed by atoms with Crippen molar-refractivity contribution in [1.82, 2.24) is 4.57 Å². The van der Waals surface area contributed by atoms with E-state index >= 15 is 0 Å². The maximum atomic E-state index is 13.3.